The SMILES string of the molecule is CCOC(=O)/C=C(\[O-])C(=O)OCC.[Na]. The van der Waals surface area contributed by atoms with Gasteiger partial charge < -0.3 is 14.6 Å². The van der Waals surface area contributed by atoms with E-state index < -0.39 is 17.7 Å². The van der Waals surface area contributed by atoms with Gasteiger partial charge in [0.1, 0.15) is 0 Å². The minimum atomic E-state index is -1.05. The van der Waals surface area contributed by atoms with Crippen LogP contribution in [0.3, 0.4) is 0 Å². The summed E-state index contributed by atoms with van der Waals surface area (Å²) in [5.74, 6) is -2.88. The molecule has 75 valence electrons. The van der Waals surface area contributed by atoms with Crippen molar-refractivity contribution in [2.45, 2.75) is 13.8 Å². The third kappa shape index (κ3) is 6.94. The molecule has 0 N–H and O–H groups in total. The average Bonchev–Trinajstić information content (AvgIpc) is 2.05. The Balaban J connectivity index is 0. The topological polar surface area (TPSA) is 75.7 Å². The summed E-state index contributed by atoms with van der Waals surface area (Å²) in [5, 5.41) is 10.8. The van der Waals surface area contributed by atoms with E-state index in [1.54, 1.807) is 13.8 Å². The van der Waals surface area contributed by atoms with E-state index in [-0.39, 0.29) is 42.8 Å². The molecule has 5 nitrogen and oxygen atoms in total. The Morgan fingerprint density at radius 2 is 1.71 bits per heavy atom. The van der Waals surface area contributed by atoms with Gasteiger partial charge in [-0.15, -0.1) is 0 Å². The zero-order valence-corrected chi connectivity index (χ0v) is 10.5. The van der Waals surface area contributed by atoms with E-state index in [1.807, 2.05) is 0 Å². The molecule has 0 fully saturated rings. The van der Waals surface area contributed by atoms with Crippen LogP contribution in [0.2, 0.25) is 0 Å². The molecule has 0 aromatic carbocycles. The third-order valence-electron chi connectivity index (χ3n) is 1.01. The number of ether oxygens (including phenoxy) is 2. The first-order valence-corrected chi connectivity index (χ1v) is 3.84. The van der Waals surface area contributed by atoms with Crippen molar-refractivity contribution in [3.63, 3.8) is 0 Å². The fraction of sp³-hybridized carbons (Fsp3) is 0.500. The van der Waals surface area contributed by atoms with Crippen LogP contribution in [0.5, 0.6) is 0 Å². The van der Waals surface area contributed by atoms with Crippen molar-refractivity contribution in [1.82, 2.24) is 0 Å². The fourth-order valence-electron chi connectivity index (χ4n) is 0.552. The first-order chi connectivity index (χ1) is 6.11. The van der Waals surface area contributed by atoms with Gasteiger partial charge in [0.05, 0.1) is 13.2 Å². The van der Waals surface area contributed by atoms with Crippen LogP contribution in [0.4, 0.5) is 0 Å². The van der Waals surface area contributed by atoms with E-state index in [0.29, 0.717) is 6.08 Å². The molecule has 0 amide bonds. The molecule has 0 saturated heterocycles. The molecule has 0 heterocycles. The average molecular weight is 210 g/mol. The summed E-state index contributed by atoms with van der Waals surface area (Å²) < 4.78 is 8.77. The van der Waals surface area contributed by atoms with Gasteiger partial charge in [0, 0.05) is 35.6 Å². The molecule has 0 spiro atoms. The van der Waals surface area contributed by atoms with Crippen molar-refractivity contribution in [2.24, 2.45) is 0 Å². The standard InChI is InChI=1S/C8H12O5.Na/c1-3-12-7(10)5-6(9)8(11)13-4-2;/h5,9H,3-4H2,1-2H3;/p-1/b6-5-;. The smallest absolute Gasteiger partial charge is 0.330 e. The number of rotatable bonds is 4. The normalized spacial score (nSPS) is 10.0. The number of esters is 2. The maximum Gasteiger partial charge on any atom is 0.330 e. The quantitative estimate of drug-likeness (QED) is 0.257. The zero-order valence-electron chi connectivity index (χ0n) is 8.53. The van der Waals surface area contributed by atoms with E-state index in [1.165, 1.54) is 0 Å². The number of hydrogen-bond acceptors (Lipinski definition) is 5. The largest absolute Gasteiger partial charge is 0.867 e. The van der Waals surface area contributed by atoms with Crippen LogP contribution in [-0.2, 0) is 19.1 Å². The molecule has 0 saturated carbocycles. The molecular weight excluding hydrogens is 199 g/mol. The molecule has 1 radical (unpaired) electrons. The second-order valence-corrected chi connectivity index (χ2v) is 1.98. The van der Waals surface area contributed by atoms with Gasteiger partial charge in [0.25, 0.3) is 0 Å². The molecule has 0 unspecified atom stereocenters. The molecular formula is C8H11NaO5-. The summed E-state index contributed by atoms with van der Waals surface area (Å²) in [6.45, 7) is 3.42. The van der Waals surface area contributed by atoms with E-state index >= 15 is 0 Å². The molecule has 0 bridgehead atoms. The maximum atomic E-state index is 10.8. The number of carbonyl (C=O) groups is 2. The van der Waals surface area contributed by atoms with Gasteiger partial charge >= 0.3 is 11.9 Å². The summed E-state index contributed by atoms with van der Waals surface area (Å²) in [4.78, 5) is 21.3. The van der Waals surface area contributed by atoms with Crippen molar-refractivity contribution in [2.75, 3.05) is 13.2 Å². The summed E-state index contributed by atoms with van der Waals surface area (Å²) in [7, 11) is 0. The van der Waals surface area contributed by atoms with E-state index in [2.05, 4.69) is 9.47 Å². The van der Waals surface area contributed by atoms with Crippen LogP contribution in [0.1, 0.15) is 13.8 Å². The van der Waals surface area contributed by atoms with Crippen LogP contribution in [0.25, 0.3) is 0 Å². The Morgan fingerprint density at radius 3 is 2.14 bits per heavy atom. The first kappa shape index (κ1) is 15.9. The molecule has 0 aromatic heterocycles. The van der Waals surface area contributed by atoms with Crippen molar-refractivity contribution < 1.29 is 24.2 Å². The summed E-state index contributed by atoms with van der Waals surface area (Å²) in [5.41, 5.74) is 0. The van der Waals surface area contributed by atoms with Crippen LogP contribution in [-0.4, -0.2) is 54.7 Å². The minimum Gasteiger partial charge on any atom is -0.867 e. The Bertz CT molecular complexity index is 224. The Morgan fingerprint density at radius 1 is 1.21 bits per heavy atom. The molecule has 0 atom stereocenters. The molecule has 0 aromatic rings. The predicted molar refractivity (Wildman–Crippen MR) is 47.1 cm³/mol. The fourth-order valence-corrected chi connectivity index (χ4v) is 0.552. The Kier molecular flexibility index (Phi) is 10.3. The number of hydrogen-bond donors (Lipinski definition) is 0. The second kappa shape index (κ2) is 9.05. The predicted octanol–water partition coefficient (Wildman–Crippen LogP) is -1.02. The van der Waals surface area contributed by atoms with E-state index in [0.717, 1.165) is 0 Å². The third-order valence-corrected chi connectivity index (χ3v) is 1.01. The Labute approximate surface area is 104 Å². The van der Waals surface area contributed by atoms with Gasteiger partial charge in [0.15, 0.2) is 0 Å². The molecule has 14 heavy (non-hydrogen) atoms. The number of carbonyl (C=O) groups excluding carboxylic acids is 2. The molecule has 6 heteroatoms. The van der Waals surface area contributed by atoms with Gasteiger partial charge in [-0.25, -0.2) is 9.59 Å². The monoisotopic (exact) mass is 210 g/mol. The molecule has 0 aliphatic rings. The van der Waals surface area contributed by atoms with Crippen LogP contribution in [0.15, 0.2) is 11.8 Å². The van der Waals surface area contributed by atoms with Crippen LogP contribution < -0.4 is 5.11 Å². The van der Waals surface area contributed by atoms with Gasteiger partial charge in [-0.05, 0) is 19.6 Å². The van der Waals surface area contributed by atoms with Crippen molar-refractivity contribution in [1.29, 1.82) is 0 Å². The zero-order chi connectivity index (χ0) is 10.3. The van der Waals surface area contributed by atoms with Crippen molar-refractivity contribution >= 4 is 41.5 Å². The van der Waals surface area contributed by atoms with E-state index in [9.17, 15) is 14.7 Å². The molecule has 0 aliphatic heterocycles. The van der Waals surface area contributed by atoms with Crippen LogP contribution >= 0.6 is 0 Å². The minimum absolute atomic E-state index is 0. The van der Waals surface area contributed by atoms with Gasteiger partial charge in [-0.2, -0.15) is 0 Å². The summed E-state index contributed by atoms with van der Waals surface area (Å²) in [6, 6.07) is 0. The van der Waals surface area contributed by atoms with E-state index in [4.69, 9.17) is 0 Å². The summed E-state index contributed by atoms with van der Waals surface area (Å²) in [6.07, 6.45) is 0.571. The Hall–Kier alpha value is -0.520. The van der Waals surface area contributed by atoms with Crippen molar-refractivity contribution in [3.05, 3.63) is 11.8 Å². The van der Waals surface area contributed by atoms with Gasteiger partial charge in [0.2, 0.25) is 0 Å². The van der Waals surface area contributed by atoms with Crippen LogP contribution in [0, 0.1) is 0 Å². The van der Waals surface area contributed by atoms with Gasteiger partial charge in [-0.3, -0.25) is 0 Å². The molecule has 0 rings (SSSR count). The maximum absolute atomic E-state index is 10.8. The van der Waals surface area contributed by atoms with Crippen molar-refractivity contribution in [3.8, 4) is 0 Å². The first-order valence-electron chi connectivity index (χ1n) is 3.84. The van der Waals surface area contributed by atoms with Gasteiger partial charge in [-0.1, -0.05) is 0 Å². The second-order valence-electron chi connectivity index (χ2n) is 1.98. The molecule has 0 aliphatic carbocycles. The summed E-state index contributed by atoms with van der Waals surface area (Å²) >= 11 is 0.